The molecule has 0 N–H and O–H groups in total. The number of nitrogens with zero attached hydrogens (tertiary/aromatic N) is 1. The molecule has 0 saturated heterocycles. The molecule has 2 aromatic carbocycles. The van der Waals surface area contributed by atoms with Crippen molar-refractivity contribution in [2.75, 3.05) is 4.90 Å². The van der Waals surface area contributed by atoms with Crippen molar-refractivity contribution in [1.29, 1.82) is 0 Å². The van der Waals surface area contributed by atoms with E-state index in [-0.39, 0.29) is 11.4 Å². The molecule has 0 aromatic heterocycles. The molecule has 2 rings (SSSR count). The predicted molar refractivity (Wildman–Crippen MR) is 74.7 cm³/mol. The summed E-state index contributed by atoms with van der Waals surface area (Å²) >= 11 is 0. The average molecular weight is 243 g/mol. The van der Waals surface area contributed by atoms with Crippen molar-refractivity contribution in [2.45, 2.75) is 26.3 Å². The molecule has 0 amide bonds. The third-order valence-electron chi connectivity index (χ3n) is 2.78. The molecule has 2 aromatic rings. The molecule has 0 saturated carbocycles. The lowest BCUT2D eigenvalue weighted by Gasteiger charge is -2.38. The van der Waals surface area contributed by atoms with E-state index in [1.54, 1.807) is 6.07 Å². The maximum Gasteiger partial charge on any atom is 0.146 e. The molecule has 0 spiro atoms. The van der Waals surface area contributed by atoms with Gasteiger partial charge in [-0.25, -0.2) is 4.39 Å². The third kappa shape index (κ3) is 2.53. The van der Waals surface area contributed by atoms with Crippen molar-refractivity contribution in [2.24, 2.45) is 0 Å². The van der Waals surface area contributed by atoms with Gasteiger partial charge in [0.05, 0.1) is 5.69 Å². The van der Waals surface area contributed by atoms with Gasteiger partial charge in [0.25, 0.3) is 0 Å². The topological polar surface area (TPSA) is 3.24 Å². The maximum absolute atomic E-state index is 14.0. The first kappa shape index (κ1) is 12.6. The lowest BCUT2D eigenvalue weighted by atomic mass is 10.0. The summed E-state index contributed by atoms with van der Waals surface area (Å²) in [5.74, 6) is -0.198. The minimum Gasteiger partial charge on any atom is -0.334 e. The molecule has 94 valence electrons. The van der Waals surface area contributed by atoms with E-state index in [9.17, 15) is 4.39 Å². The van der Waals surface area contributed by atoms with Crippen LogP contribution in [0.15, 0.2) is 54.6 Å². The summed E-state index contributed by atoms with van der Waals surface area (Å²) in [6.07, 6.45) is 0. The van der Waals surface area contributed by atoms with E-state index >= 15 is 0 Å². The second kappa shape index (κ2) is 4.81. The molecule has 0 aliphatic rings. The van der Waals surface area contributed by atoms with Crippen LogP contribution in [0.3, 0.4) is 0 Å². The average Bonchev–Trinajstić information content (AvgIpc) is 2.32. The number of halogens is 1. The Hall–Kier alpha value is -1.83. The fraction of sp³-hybridized carbons (Fsp3) is 0.250. The van der Waals surface area contributed by atoms with E-state index in [1.165, 1.54) is 6.07 Å². The molecule has 18 heavy (non-hydrogen) atoms. The van der Waals surface area contributed by atoms with Gasteiger partial charge in [-0.2, -0.15) is 0 Å². The fourth-order valence-electron chi connectivity index (χ4n) is 2.10. The quantitative estimate of drug-likeness (QED) is 0.735. The second-order valence-corrected chi connectivity index (χ2v) is 5.29. The monoisotopic (exact) mass is 243 g/mol. The molecular formula is C16H18FN. The normalized spacial score (nSPS) is 11.3. The van der Waals surface area contributed by atoms with Crippen LogP contribution in [0.5, 0.6) is 0 Å². The minimum absolute atomic E-state index is 0.191. The van der Waals surface area contributed by atoms with Crippen LogP contribution in [-0.2, 0) is 0 Å². The summed E-state index contributed by atoms with van der Waals surface area (Å²) in [6, 6.07) is 16.8. The van der Waals surface area contributed by atoms with Crippen molar-refractivity contribution in [1.82, 2.24) is 0 Å². The lowest BCUT2D eigenvalue weighted by Crippen LogP contribution is -2.38. The van der Waals surface area contributed by atoms with Gasteiger partial charge >= 0.3 is 0 Å². The fourth-order valence-corrected chi connectivity index (χ4v) is 2.10. The Bertz CT molecular complexity index is 514. The SMILES string of the molecule is CC(C)(C)N(c1ccccc1)c1ccccc1F. The van der Waals surface area contributed by atoms with Crippen LogP contribution < -0.4 is 4.90 Å². The van der Waals surface area contributed by atoms with E-state index in [0.29, 0.717) is 5.69 Å². The minimum atomic E-state index is -0.198. The third-order valence-corrected chi connectivity index (χ3v) is 2.78. The zero-order chi connectivity index (χ0) is 13.2. The smallest absolute Gasteiger partial charge is 0.146 e. The molecular weight excluding hydrogens is 225 g/mol. The van der Waals surface area contributed by atoms with E-state index in [0.717, 1.165) is 5.69 Å². The lowest BCUT2D eigenvalue weighted by molar-refractivity contribution is 0.541. The summed E-state index contributed by atoms with van der Waals surface area (Å²) in [5.41, 5.74) is 1.41. The van der Waals surface area contributed by atoms with Gasteiger partial charge in [-0.05, 0) is 45.0 Å². The molecule has 0 unspecified atom stereocenters. The van der Waals surface area contributed by atoms with Crippen LogP contribution in [-0.4, -0.2) is 5.54 Å². The van der Waals surface area contributed by atoms with E-state index < -0.39 is 0 Å². The highest BCUT2D eigenvalue weighted by Crippen LogP contribution is 2.34. The first-order valence-corrected chi connectivity index (χ1v) is 6.10. The van der Waals surface area contributed by atoms with Crippen molar-refractivity contribution in [3.63, 3.8) is 0 Å². The molecule has 2 heteroatoms. The van der Waals surface area contributed by atoms with E-state index in [1.807, 2.05) is 47.4 Å². The van der Waals surface area contributed by atoms with E-state index in [4.69, 9.17) is 0 Å². The zero-order valence-corrected chi connectivity index (χ0v) is 11.0. The van der Waals surface area contributed by atoms with Crippen LogP contribution in [0.25, 0.3) is 0 Å². The Labute approximate surface area is 108 Å². The molecule has 0 aliphatic heterocycles. The summed E-state index contributed by atoms with van der Waals surface area (Å²) in [7, 11) is 0. The molecule has 1 nitrogen and oxygen atoms in total. The first-order valence-electron chi connectivity index (χ1n) is 6.10. The molecule has 0 heterocycles. The number of anilines is 2. The van der Waals surface area contributed by atoms with Crippen LogP contribution >= 0.6 is 0 Å². The maximum atomic E-state index is 14.0. The Balaban J connectivity index is 2.55. The number of hydrogen-bond acceptors (Lipinski definition) is 1. The second-order valence-electron chi connectivity index (χ2n) is 5.29. The molecule has 0 bridgehead atoms. The summed E-state index contributed by atoms with van der Waals surface area (Å²) < 4.78 is 14.0. The Morgan fingerprint density at radius 3 is 1.94 bits per heavy atom. The van der Waals surface area contributed by atoms with Gasteiger partial charge in [0.1, 0.15) is 5.82 Å². The van der Waals surface area contributed by atoms with Gasteiger partial charge in [0.15, 0.2) is 0 Å². The van der Waals surface area contributed by atoms with Crippen LogP contribution in [0.4, 0.5) is 15.8 Å². The summed E-state index contributed by atoms with van der Waals surface area (Å²) in [6.45, 7) is 6.23. The Morgan fingerprint density at radius 2 is 1.39 bits per heavy atom. The van der Waals surface area contributed by atoms with Gasteiger partial charge < -0.3 is 4.90 Å². The van der Waals surface area contributed by atoms with Gasteiger partial charge in [0.2, 0.25) is 0 Å². The van der Waals surface area contributed by atoms with Gasteiger partial charge in [-0.3, -0.25) is 0 Å². The van der Waals surface area contributed by atoms with Gasteiger partial charge in [-0.1, -0.05) is 30.3 Å². The standard InChI is InChI=1S/C16H18FN/c1-16(2,3)18(13-9-5-4-6-10-13)15-12-8-7-11-14(15)17/h4-12H,1-3H3. The zero-order valence-electron chi connectivity index (χ0n) is 11.0. The van der Waals surface area contributed by atoms with Crippen molar-refractivity contribution >= 4 is 11.4 Å². The highest BCUT2D eigenvalue weighted by atomic mass is 19.1. The largest absolute Gasteiger partial charge is 0.334 e. The summed E-state index contributed by atoms with van der Waals surface area (Å²) in [4.78, 5) is 2.02. The van der Waals surface area contributed by atoms with Crippen molar-refractivity contribution in [3.8, 4) is 0 Å². The Kier molecular flexibility index (Phi) is 3.37. The number of rotatable bonds is 2. The van der Waals surface area contributed by atoms with Crippen LogP contribution in [0, 0.1) is 5.82 Å². The number of hydrogen-bond donors (Lipinski definition) is 0. The van der Waals surface area contributed by atoms with Crippen LogP contribution in [0.1, 0.15) is 20.8 Å². The highest BCUT2D eigenvalue weighted by molar-refractivity contribution is 5.65. The van der Waals surface area contributed by atoms with Gasteiger partial charge in [0, 0.05) is 11.2 Å². The number of benzene rings is 2. The molecule has 0 fully saturated rings. The van der Waals surface area contributed by atoms with Crippen molar-refractivity contribution in [3.05, 3.63) is 60.4 Å². The molecule has 0 radical (unpaired) electrons. The van der Waals surface area contributed by atoms with Gasteiger partial charge in [-0.15, -0.1) is 0 Å². The van der Waals surface area contributed by atoms with Crippen LogP contribution in [0.2, 0.25) is 0 Å². The Morgan fingerprint density at radius 1 is 0.833 bits per heavy atom. The highest BCUT2D eigenvalue weighted by Gasteiger charge is 2.25. The number of para-hydroxylation sites is 2. The molecule has 0 aliphatic carbocycles. The van der Waals surface area contributed by atoms with E-state index in [2.05, 4.69) is 20.8 Å². The predicted octanol–water partition coefficient (Wildman–Crippen LogP) is 4.76. The first-order chi connectivity index (χ1) is 8.50. The molecule has 0 atom stereocenters. The van der Waals surface area contributed by atoms with Crippen molar-refractivity contribution < 1.29 is 4.39 Å². The summed E-state index contributed by atoms with van der Waals surface area (Å²) in [5, 5.41) is 0.